The Morgan fingerprint density at radius 1 is 0.868 bits per heavy atom. The molecular weight excluding hydrogens is 484 g/mol. The summed E-state index contributed by atoms with van der Waals surface area (Å²) >= 11 is 0. The molecule has 0 bridgehead atoms. The summed E-state index contributed by atoms with van der Waals surface area (Å²) in [6.07, 6.45) is 0.700. The van der Waals surface area contributed by atoms with Gasteiger partial charge >= 0.3 is 11.8 Å². The van der Waals surface area contributed by atoms with E-state index in [0.29, 0.717) is 39.7 Å². The highest BCUT2D eigenvalue weighted by Crippen LogP contribution is 2.26. The SMILES string of the molecule is CC(C)(C)OC(=O)Nc1cccc(-n2c(=O)n(-c3ccc(Oc4ccccc4)cc3)c3c(N)ncnc32)c1. The number of benzene rings is 3. The van der Waals surface area contributed by atoms with Crippen molar-refractivity contribution in [2.45, 2.75) is 26.4 Å². The Morgan fingerprint density at radius 3 is 2.29 bits per heavy atom. The summed E-state index contributed by atoms with van der Waals surface area (Å²) in [7, 11) is 0. The monoisotopic (exact) mass is 510 g/mol. The molecule has 5 rings (SSSR count). The standard InChI is InChI=1S/C28H26N6O4/c1-28(2,3)38-26(35)32-18-8-7-9-20(16-18)34-25-23(24(29)30-17-31-25)33(27(34)36)19-12-14-22(15-13-19)37-21-10-5-4-6-11-21/h4-17H,1-3H3,(H,32,35)(H2,29,30,31). The van der Waals surface area contributed by atoms with Crippen LogP contribution in [0.25, 0.3) is 22.5 Å². The van der Waals surface area contributed by atoms with Crippen LogP contribution in [0.15, 0.2) is 90.0 Å². The van der Waals surface area contributed by atoms with E-state index in [1.807, 2.05) is 30.3 Å². The highest BCUT2D eigenvalue weighted by Gasteiger charge is 2.21. The lowest BCUT2D eigenvalue weighted by Gasteiger charge is -2.19. The van der Waals surface area contributed by atoms with Gasteiger partial charge in [0.15, 0.2) is 11.5 Å². The van der Waals surface area contributed by atoms with E-state index in [1.54, 1.807) is 69.3 Å². The molecule has 0 spiro atoms. The highest BCUT2D eigenvalue weighted by atomic mass is 16.6. The van der Waals surface area contributed by atoms with Crippen LogP contribution in [-0.4, -0.2) is 30.8 Å². The van der Waals surface area contributed by atoms with Crippen molar-refractivity contribution in [3.05, 3.63) is 95.7 Å². The zero-order valence-corrected chi connectivity index (χ0v) is 21.1. The average Bonchev–Trinajstić information content (AvgIpc) is 3.17. The predicted molar refractivity (Wildman–Crippen MR) is 145 cm³/mol. The van der Waals surface area contributed by atoms with Crippen molar-refractivity contribution in [1.29, 1.82) is 0 Å². The number of para-hydroxylation sites is 1. The average molecular weight is 511 g/mol. The van der Waals surface area contributed by atoms with Gasteiger partial charge in [-0.15, -0.1) is 0 Å². The van der Waals surface area contributed by atoms with Crippen LogP contribution in [0.3, 0.4) is 0 Å². The van der Waals surface area contributed by atoms with Crippen molar-refractivity contribution in [2.75, 3.05) is 11.1 Å². The number of amides is 1. The van der Waals surface area contributed by atoms with Gasteiger partial charge in [0.25, 0.3) is 0 Å². The second kappa shape index (κ2) is 9.74. The number of nitrogens with one attached hydrogen (secondary N) is 1. The Balaban J connectivity index is 1.55. The Bertz CT molecular complexity index is 1670. The molecule has 10 nitrogen and oxygen atoms in total. The Hall–Kier alpha value is -5.12. The van der Waals surface area contributed by atoms with Crippen LogP contribution in [0.4, 0.5) is 16.3 Å². The lowest BCUT2D eigenvalue weighted by molar-refractivity contribution is 0.0636. The van der Waals surface area contributed by atoms with E-state index in [2.05, 4.69) is 15.3 Å². The van der Waals surface area contributed by atoms with Crippen LogP contribution >= 0.6 is 0 Å². The molecule has 0 aliphatic carbocycles. The molecule has 0 aliphatic rings. The molecule has 0 radical (unpaired) electrons. The maximum absolute atomic E-state index is 13.8. The van der Waals surface area contributed by atoms with Crippen LogP contribution in [0.1, 0.15) is 20.8 Å². The first-order chi connectivity index (χ1) is 18.2. The Morgan fingerprint density at radius 2 is 1.58 bits per heavy atom. The van der Waals surface area contributed by atoms with Crippen LogP contribution in [-0.2, 0) is 4.74 Å². The molecule has 192 valence electrons. The molecule has 2 heterocycles. The molecule has 0 saturated heterocycles. The molecule has 3 aromatic carbocycles. The topological polar surface area (TPSA) is 126 Å². The number of hydrogen-bond acceptors (Lipinski definition) is 7. The Labute approximate surface area is 218 Å². The van der Waals surface area contributed by atoms with Gasteiger partial charge in [0, 0.05) is 5.69 Å². The van der Waals surface area contributed by atoms with Crippen LogP contribution < -0.4 is 21.5 Å². The first-order valence-electron chi connectivity index (χ1n) is 11.9. The van der Waals surface area contributed by atoms with Gasteiger partial charge in [0.1, 0.15) is 28.9 Å². The number of ether oxygens (including phenoxy) is 2. The highest BCUT2D eigenvalue weighted by molar-refractivity contribution is 5.87. The molecule has 2 aromatic heterocycles. The van der Waals surface area contributed by atoms with Crippen molar-refractivity contribution in [3.8, 4) is 22.9 Å². The number of anilines is 2. The number of rotatable bonds is 5. The summed E-state index contributed by atoms with van der Waals surface area (Å²) in [4.78, 5) is 34.5. The molecule has 3 N–H and O–H groups in total. The first-order valence-corrected chi connectivity index (χ1v) is 11.9. The zero-order valence-electron chi connectivity index (χ0n) is 21.1. The van der Waals surface area contributed by atoms with Gasteiger partial charge in [-0.25, -0.2) is 24.1 Å². The summed E-state index contributed by atoms with van der Waals surface area (Å²) < 4.78 is 14.1. The molecule has 1 amide bonds. The molecule has 0 unspecified atom stereocenters. The van der Waals surface area contributed by atoms with Gasteiger partial charge in [-0.1, -0.05) is 24.3 Å². The maximum Gasteiger partial charge on any atom is 0.412 e. The van der Waals surface area contributed by atoms with Crippen LogP contribution in [0, 0.1) is 0 Å². The van der Waals surface area contributed by atoms with E-state index in [-0.39, 0.29) is 5.82 Å². The van der Waals surface area contributed by atoms with Crippen molar-refractivity contribution in [2.24, 2.45) is 0 Å². The lowest BCUT2D eigenvalue weighted by atomic mass is 10.2. The van der Waals surface area contributed by atoms with Gasteiger partial charge in [-0.3, -0.25) is 9.88 Å². The number of imidazole rings is 1. The number of carbonyl (C=O) groups is 1. The molecule has 10 heteroatoms. The minimum atomic E-state index is -0.651. The summed E-state index contributed by atoms with van der Waals surface area (Å²) in [5.41, 5.74) is 7.34. The van der Waals surface area contributed by atoms with E-state index in [9.17, 15) is 9.59 Å². The summed E-state index contributed by atoms with van der Waals surface area (Å²) in [5, 5.41) is 2.70. The molecular formula is C28H26N6O4. The largest absolute Gasteiger partial charge is 0.457 e. The minimum Gasteiger partial charge on any atom is -0.457 e. The molecule has 0 fully saturated rings. The van der Waals surface area contributed by atoms with E-state index in [4.69, 9.17) is 15.2 Å². The third-order valence-electron chi connectivity index (χ3n) is 5.47. The van der Waals surface area contributed by atoms with Gasteiger partial charge < -0.3 is 15.2 Å². The molecule has 38 heavy (non-hydrogen) atoms. The second-order valence-corrected chi connectivity index (χ2v) is 9.47. The van der Waals surface area contributed by atoms with Crippen LogP contribution in [0.5, 0.6) is 11.5 Å². The zero-order chi connectivity index (χ0) is 26.9. The fourth-order valence-corrected chi connectivity index (χ4v) is 3.95. The third kappa shape index (κ3) is 5.05. The second-order valence-electron chi connectivity index (χ2n) is 9.47. The van der Waals surface area contributed by atoms with E-state index < -0.39 is 17.4 Å². The predicted octanol–water partition coefficient (Wildman–Crippen LogP) is 5.29. The van der Waals surface area contributed by atoms with E-state index in [0.717, 1.165) is 0 Å². The maximum atomic E-state index is 13.8. The van der Waals surface area contributed by atoms with Crippen molar-refractivity contribution in [1.82, 2.24) is 19.1 Å². The van der Waals surface area contributed by atoms with Gasteiger partial charge in [-0.05, 0) is 75.4 Å². The number of carbonyl (C=O) groups excluding carboxylic acids is 1. The Kier molecular flexibility index (Phi) is 6.29. The van der Waals surface area contributed by atoms with Gasteiger partial charge in [0.05, 0.1) is 11.4 Å². The third-order valence-corrected chi connectivity index (χ3v) is 5.47. The molecule has 0 atom stereocenters. The molecule has 0 saturated carbocycles. The number of nitrogen functional groups attached to an aromatic ring is 1. The minimum absolute atomic E-state index is 0.151. The summed E-state index contributed by atoms with van der Waals surface area (Å²) in [5.74, 6) is 1.46. The smallest absolute Gasteiger partial charge is 0.412 e. The number of nitrogens with two attached hydrogens (primary N) is 1. The van der Waals surface area contributed by atoms with E-state index in [1.165, 1.54) is 15.5 Å². The quantitative estimate of drug-likeness (QED) is 0.329. The summed E-state index contributed by atoms with van der Waals surface area (Å²) in [6, 6.07) is 23.3. The molecule has 5 aromatic rings. The normalized spacial score (nSPS) is 11.3. The number of aromatic nitrogens is 4. The van der Waals surface area contributed by atoms with Crippen molar-refractivity contribution < 1.29 is 14.3 Å². The number of hydrogen-bond donors (Lipinski definition) is 2. The van der Waals surface area contributed by atoms with Crippen LogP contribution in [0.2, 0.25) is 0 Å². The van der Waals surface area contributed by atoms with E-state index >= 15 is 0 Å². The lowest BCUT2D eigenvalue weighted by Crippen LogP contribution is -2.27. The van der Waals surface area contributed by atoms with Crippen molar-refractivity contribution >= 4 is 28.8 Å². The molecule has 0 aliphatic heterocycles. The fourth-order valence-electron chi connectivity index (χ4n) is 3.95. The number of fused-ring (bicyclic) bond motifs is 1. The fraction of sp³-hybridized carbons (Fsp3) is 0.143. The first kappa shape index (κ1) is 24.6. The van der Waals surface area contributed by atoms with Gasteiger partial charge in [-0.2, -0.15) is 0 Å². The van der Waals surface area contributed by atoms with Crippen molar-refractivity contribution in [3.63, 3.8) is 0 Å². The summed E-state index contributed by atoms with van der Waals surface area (Å²) in [6.45, 7) is 5.34. The number of nitrogens with zero attached hydrogens (tertiary/aromatic N) is 4. The van der Waals surface area contributed by atoms with Gasteiger partial charge in [0.2, 0.25) is 0 Å².